The molecule has 0 radical (unpaired) electrons. The molecule has 0 saturated carbocycles. The number of nitrogens with zero attached hydrogens (tertiary/aromatic N) is 1. The number of rotatable bonds is 5. The molecule has 1 N–H and O–H groups in total. The van der Waals surface area contributed by atoms with Crippen molar-refractivity contribution in [2.24, 2.45) is 0 Å². The summed E-state index contributed by atoms with van der Waals surface area (Å²) in [6.45, 7) is 3.93. The summed E-state index contributed by atoms with van der Waals surface area (Å²) in [5.41, 5.74) is 0.488. The van der Waals surface area contributed by atoms with Gasteiger partial charge in [-0.25, -0.2) is 12.8 Å². The van der Waals surface area contributed by atoms with Crippen molar-refractivity contribution in [2.45, 2.75) is 41.7 Å². The number of fused-ring (bicyclic) bond motifs is 1. The maximum atomic E-state index is 14.3. The van der Waals surface area contributed by atoms with Crippen LogP contribution in [-0.4, -0.2) is 26.1 Å². The lowest BCUT2D eigenvalue weighted by Crippen LogP contribution is -2.32. The van der Waals surface area contributed by atoms with Crippen molar-refractivity contribution in [3.63, 3.8) is 0 Å². The number of benzene rings is 2. The van der Waals surface area contributed by atoms with E-state index in [1.165, 1.54) is 42.1 Å². The number of para-hydroxylation sites is 1. The van der Waals surface area contributed by atoms with Gasteiger partial charge in [0.1, 0.15) is 5.82 Å². The van der Waals surface area contributed by atoms with Crippen LogP contribution in [0.1, 0.15) is 26.7 Å². The molecule has 1 atom stereocenters. The fourth-order valence-electron chi connectivity index (χ4n) is 2.95. The minimum absolute atomic E-state index is 0.0151. The first-order chi connectivity index (χ1) is 12.8. The Kier molecular flexibility index (Phi) is 5.76. The summed E-state index contributed by atoms with van der Waals surface area (Å²) in [5, 5.41) is 2.87. The van der Waals surface area contributed by atoms with Gasteiger partial charge in [-0.3, -0.25) is 9.10 Å². The predicted molar refractivity (Wildman–Crippen MR) is 106 cm³/mol. The molecule has 0 saturated heterocycles. The van der Waals surface area contributed by atoms with Gasteiger partial charge >= 0.3 is 0 Å². The van der Waals surface area contributed by atoms with Crippen LogP contribution < -0.4 is 9.62 Å². The Balaban J connectivity index is 2.05. The Bertz CT molecular complexity index is 963. The van der Waals surface area contributed by atoms with E-state index in [2.05, 4.69) is 5.32 Å². The number of hydrogen-bond donors (Lipinski definition) is 1. The number of nitrogens with one attached hydrogen (secondary N) is 1. The Morgan fingerprint density at radius 3 is 2.70 bits per heavy atom. The molecule has 5 nitrogen and oxygen atoms in total. The van der Waals surface area contributed by atoms with Crippen LogP contribution in [0.25, 0.3) is 0 Å². The minimum Gasteiger partial charge on any atom is -0.325 e. The number of sulfonamides is 1. The minimum atomic E-state index is -3.98. The summed E-state index contributed by atoms with van der Waals surface area (Å²) in [5.74, 6) is -0.746. The van der Waals surface area contributed by atoms with Crippen LogP contribution in [0.5, 0.6) is 0 Å². The van der Waals surface area contributed by atoms with Crippen LogP contribution >= 0.6 is 11.8 Å². The van der Waals surface area contributed by atoms with Crippen LogP contribution in [-0.2, 0) is 14.8 Å². The van der Waals surface area contributed by atoms with Gasteiger partial charge in [-0.1, -0.05) is 26.0 Å². The fourth-order valence-corrected chi connectivity index (χ4v) is 5.59. The van der Waals surface area contributed by atoms with E-state index in [1.54, 1.807) is 12.1 Å². The summed E-state index contributed by atoms with van der Waals surface area (Å²) >= 11 is 1.52. The lowest BCUT2D eigenvalue weighted by Gasteiger charge is -2.25. The summed E-state index contributed by atoms with van der Waals surface area (Å²) in [6, 6.07) is 10.5. The van der Waals surface area contributed by atoms with Gasteiger partial charge in [-0.15, -0.1) is 11.8 Å². The molecule has 1 heterocycles. The van der Waals surface area contributed by atoms with E-state index < -0.39 is 15.8 Å². The van der Waals surface area contributed by atoms with Crippen LogP contribution in [0.4, 0.5) is 15.8 Å². The molecule has 3 rings (SSSR count). The van der Waals surface area contributed by atoms with E-state index in [0.29, 0.717) is 18.5 Å². The molecule has 0 aromatic heterocycles. The Labute approximate surface area is 163 Å². The standard InChI is InChI=1S/C19H21FN2O3S2/c1-3-10-22(17-7-5-4-6-15(17)20)27(24,25)14-8-9-18-16(12-14)21-19(23)11-13(2)26-18/h4-9,12-13H,3,10-11H2,1-2H3,(H,21,23)/t13-/m0/s1. The number of anilines is 2. The van der Waals surface area contributed by atoms with Gasteiger partial charge in [-0.05, 0) is 36.8 Å². The zero-order valence-electron chi connectivity index (χ0n) is 15.1. The fraction of sp³-hybridized carbons (Fsp3) is 0.316. The van der Waals surface area contributed by atoms with E-state index in [0.717, 1.165) is 9.20 Å². The number of halogens is 1. The molecule has 8 heteroatoms. The molecule has 0 aliphatic carbocycles. The quantitative estimate of drug-likeness (QED) is 0.803. The van der Waals surface area contributed by atoms with Crippen molar-refractivity contribution in [1.82, 2.24) is 0 Å². The molecule has 0 unspecified atom stereocenters. The smallest absolute Gasteiger partial charge is 0.264 e. The monoisotopic (exact) mass is 408 g/mol. The second kappa shape index (κ2) is 7.90. The van der Waals surface area contributed by atoms with Crippen molar-refractivity contribution in [3.8, 4) is 0 Å². The summed E-state index contributed by atoms with van der Waals surface area (Å²) in [6.07, 6.45) is 0.890. The molecule has 1 aliphatic rings. The lowest BCUT2D eigenvalue weighted by atomic mass is 10.3. The zero-order valence-corrected chi connectivity index (χ0v) is 16.7. The van der Waals surface area contributed by atoms with Crippen molar-refractivity contribution >= 4 is 39.1 Å². The normalized spacial score (nSPS) is 17.0. The molecule has 1 aliphatic heterocycles. The van der Waals surface area contributed by atoms with E-state index in [1.807, 2.05) is 13.8 Å². The Hall–Kier alpha value is -2.06. The molecule has 0 fully saturated rings. The van der Waals surface area contributed by atoms with E-state index in [9.17, 15) is 17.6 Å². The number of thioether (sulfide) groups is 1. The van der Waals surface area contributed by atoms with Gasteiger partial charge in [0.05, 0.1) is 16.3 Å². The van der Waals surface area contributed by atoms with E-state index in [4.69, 9.17) is 0 Å². The number of amides is 1. The molecule has 144 valence electrons. The first kappa shape index (κ1) is 19.7. The van der Waals surface area contributed by atoms with Crippen molar-refractivity contribution in [1.29, 1.82) is 0 Å². The van der Waals surface area contributed by atoms with Gasteiger partial charge < -0.3 is 5.32 Å². The molecule has 0 bridgehead atoms. The average molecular weight is 409 g/mol. The van der Waals surface area contributed by atoms with Gasteiger partial charge in [0, 0.05) is 23.1 Å². The third-order valence-electron chi connectivity index (χ3n) is 4.16. The maximum absolute atomic E-state index is 14.3. The molecule has 2 aromatic rings. The molecule has 1 amide bonds. The van der Waals surface area contributed by atoms with Gasteiger partial charge in [0.2, 0.25) is 5.91 Å². The van der Waals surface area contributed by atoms with Gasteiger partial charge in [-0.2, -0.15) is 0 Å². The van der Waals surface area contributed by atoms with Crippen LogP contribution in [0.3, 0.4) is 0 Å². The number of hydrogen-bond acceptors (Lipinski definition) is 4. The van der Waals surface area contributed by atoms with Crippen molar-refractivity contribution in [3.05, 3.63) is 48.3 Å². The second-order valence-electron chi connectivity index (χ2n) is 6.37. The SMILES string of the molecule is CCCN(c1ccccc1F)S(=O)(=O)c1ccc2c(c1)NC(=O)C[C@H](C)S2. The summed E-state index contributed by atoms with van der Waals surface area (Å²) in [7, 11) is -3.98. The van der Waals surface area contributed by atoms with Crippen molar-refractivity contribution in [2.75, 3.05) is 16.2 Å². The number of carbonyl (C=O) groups is 1. The Morgan fingerprint density at radius 1 is 1.26 bits per heavy atom. The first-order valence-corrected chi connectivity index (χ1v) is 11.0. The van der Waals surface area contributed by atoms with E-state index >= 15 is 0 Å². The molecular weight excluding hydrogens is 387 g/mol. The van der Waals surface area contributed by atoms with Crippen molar-refractivity contribution < 1.29 is 17.6 Å². The highest BCUT2D eigenvalue weighted by Gasteiger charge is 2.28. The third kappa shape index (κ3) is 4.11. The van der Waals surface area contributed by atoms with Gasteiger partial charge in [0.25, 0.3) is 10.0 Å². The topological polar surface area (TPSA) is 66.5 Å². The molecule has 2 aromatic carbocycles. The zero-order chi connectivity index (χ0) is 19.6. The molecular formula is C19H21FN2O3S2. The average Bonchev–Trinajstić information content (AvgIpc) is 2.75. The van der Waals surface area contributed by atoms with E-state index in [-0.39, 0.29) is 28.3 Å². The number of carbonyl (C=O) groups excluding carboxylic acids is 1. The lowest BCUT2D eigenvalue weighted by molar-refractivity contribution is -0.116. The van der Waals surface area contributed by atoms with Crippen LogP contribution in [0.15, 0.2) is 52.3 Å². The second-order valence-corrected chi connectivity index (χ2v) is 9.71. The largest absolute Gasteiger partial charge is 0.325 e. The molecule has 0 spiro atoms. The van der Waals surface area contributed by atoms with Crippen LogP contribution in [0, 0.1) is 5.82 Å². The molecule has 27 heavy (non-hydrogen) atoms. The summed E-state index contributed by atoms with van der Waals surface area (Å²) < 4.78 is 41.8. The predicted octanol–water partition coefficient (Wildman–Crippen LogP) is 4.25. The first-order valence-electron chi connectivity index (χ1n) is 8.70. The highest BCUT2D eigenvalue weighted by molar-refractivity contribution is 8.00. The van der Waals surface area contributed by atoms with Gasteiger partial charge in [0.15, 0.2) is 0 Å². The maximum Gasteiger partial charge on any atom is 0.264 e. The highest BCUT2D eigenvalue weighted by Crippen LogP contribution is 2.37. The highest BCUT2D eigenvalue weighted by atomic mass is 32.2. The Morgan fingerprint density at radius 2 is 2.00 bits per heavy atom. The summed E-state index contributed by atoms with van der Waals surface area (Å²) in [4.78, 5) is 12.8. The van der Waals surface area contributed by atoms with Crippen LogP contribution in [0.2, 0.25) is 0 Å². The third-order valence-corrected chi connectivity index (χ3v) is 7.15.